The van der Waals surface area contributed by atoms with Crippen LogP contribution in [0.25, 0.3) is 10.2 Å². The Labute approximate surface area is 161 Å². The number of aromatic nitrogens is 3. The number of rotatable bonds is 5. The summed E-state index contributed by atoms with van der Waals surface area (Å²) < 4.78 is 2.51. The molecule has 27 heavy (non-hydrogen) atoms. The van der Waals surface area contributed by atoms with E-state index in [4.69, 9.17) is 0 Å². The molecular formula is C18H22N6O2S. The molecule has 1 aromatic carbocycles. The first-order valence-corrected chi connectivity index (χ1v) is 9.34. The second-order valence-corrected chi connectivity index (χ2v) is 7.75. The summed E-state index contributed by atoms with van der Waals surface area (Å²) in [7, 11) is 3.37. The van der Waals surface area contributed by atoms with Crippen molar-refractivity contribution in [1.82, 2.24) is 19.7 Å². The maximum Gasteiger partial charge on any atom is 0.323 e. The van der Waals surface area contributed by atoms with E-state index in [0.29, 0.717) is 17.3 Å². The fraction of sp³-hybridized carbons (Fsp3) is 0.333. The molecule has 8 nitrogen and oxygen atoms in total. The van der Waals surface area contributed by atoms with Crippen LogP contribution in [0, 0.1) is 0 Å². The number of likely N-dealkylation sites (N-methyl/N-ethyl adjacent to an activating group) is 1. The minimum atomic E-state index is -0.374. The van der Waals surface area contributed by atoms with E-state index in [1.807, 2.05) is 18.2 Å². The molecule has 0 aliphatic rings. The largest absolute Gasteiger partial charge is 0.347 e. The average molecular weight is 386 g/mol. The van der Waals surface area contributed by atoms with E-state index in [1.165, 1.54) is 15.8 Å². The van der Waals surface area contributed by atoms with Gasteiger partial charge in [0.2, 0.25) is 5.91 Å². The van der Waals surface area contributed by atoms with Crippen LogP contribution in [0.1, 0.15) is 24.8 Å². The zero-order chi connectivity index (χ0) is 19.6. The first-order valence-electron chi connectivity index (χ1n) is 8.53. The fourth-order valence-electron chi connectivity index (χ4n) is 2.36. The fourth-order valence-corrected chi connectivity index (χ4v) is 3.36. The molecular weight excluding hydrogens is 364 g/mol. The van der Waals surface area contributed by atoms with Gasteiger partial charge in [-0.1, -0.05) is 13.8 Å². The first-order chi connectivity index (χ1) is 12.8. The molecule has 2 heterocycles. The SMILES string of the molecule is CC(C)c1nc2ccc(NC(=O)Nc3cnn(CC(=O)N(C)C)c3)cc2s1. The zero-order valence-corrected chi connectivity index (χ0v) is 16.5. The zero-order valence-electron chi connectivity index (χ0n) is 15.7. The van der Waals surface area contributed by atoms with Gasteiger partial charge in [0.05, 0.1) is 27.1 Å². The molecule has 0 fully saturated rings. The Hall–Kier alpha value is -2.94. The predicted molar refractivity (Wildman–Crippen MR) is 107 cm³/mol. The van der Waals surface area contributed by atoms with Crippen LogP contribution in [0.2, 0.25) is 0 Å². The number of anilines is 2. The number of carbonyl (C=O) groups is 2. The molecule has 0 aliphatic carbocycles. The molecule has 0 aliphatic heterocycles. The summed E-state index contributed by atoms with van der Waals surface area (Å²) >= 11 is 1.63. The van der Waals surface area contributed by atoms with Crippen molar-refractivity contribution in [2.75, 3.05) is 24.7 Å². The Morgan fingerprint density at radius 2 is 1.96 bits per heavy atom. The lowest BCUT2D eigenvalue weighted by Crippen LogP contribution is -2.26. The smallest absolute Gasteiger partial charge is 0.323 e. The second-order valence-electron chi connectivity index (χ2n) is 6.68. The van der Waals surface area contributed by atoms with Gasteiger partial charge in [-0.15, -0.1) is 11.3 Å². The Kier molecular flexibility index (Phi) is 5.41. The molecule has 2 N–H and O–H groups in total. The van der Waals surface area contributed by atoms with Gasteiger partial charge in [-0.2, -0.15) is 5.10 Å². The molecule has 0 atom stereocenters. The van der Waals surface area contributed by atoms with Gasteiger partial charge in [-0.3, -0.25) is 9.48 Å². The molecule has 0 saturated carbocycles. The molecule has 9 heteroatoms. The minimum absolute atomic E-state index is 0.0762. The lowest BCUT2D eigenvalue weighted by molar-refractivity contribution is -0.129. The van der Waals surface area contributed by atoms with Gasteiger partial charge in [0.15, 0.2) is 0 Å². The van der Waals surface area contributed by atoms with Crippen molar-refractivity contribution in [2.45, 2.75) is 26.3 Å². The normalized spacial score (nSPS) is 11.0. The molecule has 3 aromatic rings. The van der Waals surface area contributed by atoms with Gasteiger partial charge in [0.1, 0.15) is 6.54 Å². The number of amides is 3. The highest BCUT2D eigenvalue weighted by molar-refractivity contribution is 7.18. The summed E-state index contributed by atoms with van der Waals surface area (Å²) in [6.07, 6.45) is 3.12. The van der Waals surface area contributed by atoms with E-state index in [-0.39, 0.29) is 18.5 Å². The third kappa shape index (κ3) is 4.62. The number of fused-ring (bicyclic) bond motifs is 1. The van der Waals surface area contributed by atoms with Gasteiger partial charge in [-0.25, -0.2) is 9.78 Å². The lowest BCUT2D eigenvalue weighted by atomic mass is 10.2. The molecule has 3 amide bonds. The van der Waals surface area contributed by atoms with Crippen LogP contribution in [0.4, 0.5) is 16.2 Å². The van der Waals surface area contributed by atoms with Crippen molar-refractivity contribution < 1.29 is 9.59 Å². The number of hydrogen-bond donors (Lipinski definition) is 2. The van der Waals surface area contributed by atoms with Gasteiger partial charge in [-0.05, 0) is 18.2 Å². The predicted octanol–water partition coefficient (Wildman–Crippen LogP) is 3.35. The van der Waals surface area contributed by atoms with Crippen LogP contribution in [0.3, 0.4) is 0 Å². The maximum atomic E-state index is 12.2. The molecule has 0 bridgehead atoms. The summed E-state index contributed by atoms with van der Waals surface area (Å²) in [5, 5.41) is 10.7. The first kappa shape index (κ1) is 18.8. The summed E-state index contributed by atoms with van der Waals surface area (Å²) in [6.45, 7) is 4.34. The summed E-state index contributed by atoms with van der Waals surface area (Å²) in [4.78, 5) is 30.0. The van der Waals surface area contributed by atoms with E-state index in [2.05, 4.69) is 34.6 Å². The number of benzene rings is 1. The van der Waals surface area contributed by atoms with E-state index in [0.717, 1.165) is 15.2 Å². The van der Waals surface area contributed by atoms with Gasteiger partial charge in [0, 0.05) is 31.9 Å². The van der Waals surface area contributed by atoms with Crippen LogP contribution in [-0.2, 0) is 11.3 Å². The monoisotopic (exact) mass is 386 g/mol. The van der Waals surface area contributed by atoms with Crippen molar-refractivity contribution in [3.05, 3.63) is 35.6 Å². The van der Waals surface area contributed by atoms with E-state index < -0.39 is 0 Å². The van der Waals surface area contributed by atoms with Gasteiger partial charge >= 0.3 is 6.03 Å². The van der Waals surface area contributed by atoms with Crippen LogP contribution in [0.5, 0.6) is 0 Å². The molecule has 0 radical (unpaired) electrons. The summed E-state index contributed by atoms with van der Waals surface area (Å²) in [5.41, 5.74) is 2.13. The molecule has 0 unspecified atom stereocenters. The Morgan fingerprint density at radius 1 is 1.22 bits per heavy atom. The highest BCUT2D eigenvalue weighted by Crippen LogP contribution is 2.29. The second kappa shape index (κ2) is 7.75. The topological polar surface area (TPSA) is 92.1 Å². The van der Waals surface area contributed by atoms with Crippen molar-refractivity contribution in [3.8, 4) is 0 Å². The molecule has 0 spiro atoms. The Morgan fingerprint density at radius 3 is 2.67 bits per heavy atom. The third-order valence-corrected chi connectivity index (χ3v) is 5.16. The number of hydrogen-bond acceptors (Lipinski definition) is 5. The molecule has 2 aromatic heterocycles. The standard InChI is InChI=1S/C18H22N6O2S/c1-11(2)17-22-14-6-5-12(7-15(14)27-17)20-18(26)21-13-8-19-24(9-13)10-16(25)23(3)4/h5-9,11H,10H2,1-4H3,(H2,20,21,26). The molecule has 0 saturated heterocycles. The average Bonchev–Trinajstić information content (AvgIpc) is 3.21. The highest BCUT2D eigenvalue weighted by Gasteiger charge is 2.11. The van der Waals surface area contributed by atoms with E-state index >= 15 is 0 Å². The highest BCUT2D eigenvalue weighted by atomic mass is 32.1. The third-order valence-electron chi connectivity index (χ3n) is 3.84. The van der Waals surface area contributed by atoms with Crippen molar-refractivity contribution in [1.29, 1.82) is 0 Å². The van der Waals surface area contributed by atoms with Crippen molar-refractivity contribution >= 4 is 44.9 Å². The number of nitrogens with one attached hydrogen (secondary N) is 2. The van der Waals surface area contributed by atoms with Gasteiger partial charge < -0.3 is 15.5 Å². The summed E-state index contributed by atoms with van der Waals surface area (Å²) in [5.74, 6) is 0.297. The lowest BCUT2D eigenvalue weighted by Gasteiger charge is -2.09. The quantitative estimate of drug-likeness (QED) is 0.703. The van der Waals surface area contributed by atoms with Crippen LogP contribution in [0.15, 0.2) is 30.6 Å². The Balaban J connectivity index is 1.63. The summed E-state index contributed by atoms with van der Waals surface area (Å²) in [6, 6.07) is 5.27. The number of carbonyl (C=O) groups excluding carboxylic acids is 2. The number of nitrogens with zero attached hydrogens (tertiary/aromatic N) is 4. The minimum Gasteiger partial charge on any atom is -0.347 e. The number of urea groups is 1. The molecule has 142 valence electrons. The van der Waals surface area contributed by atoms with Crippen LogP contribution in [-0.4, -0.2) is 45.7 Å². The number of thiazole rings is 1. The van der Waals surface area contributed by atoms with Crippen molar-refractivity contribution in [3.63, 3.8) is 0 Å². The van der Waals surface area contributed by atoms with Crippen LogP contribution < -0.4 is 10.6 Å². The van der Waals surface area contributed by atoms with Crippen molar-refractivity contribution in [2.24, 2.45) is 0 Å². The van der Waals surface area contributed by atoms with Crippen LogP contribution >= 0.6 is 11.3 Å². The molecule has 3 rings (SSSR count). The van der Waals surface area contributed by atoms with Gasteiger partial charge in [0.25, 0.3) is 0 Å². The van der Waals surface area contributed by atoms with E-state index in [9.17, 15) is 9.59 Å². The van der Waals surface area contributed by atoms with E-state index in [1.54, 1.807) is 31.6 Å². The maximum absolute atomic E-state index is 12.2. The Bertz CT molecular complexity index is 975.